The first-order valence-electron chi connectivity index (χ1n) is 5.89. The van der Waals surface area contributed by atoms with Crippen LogP contribution in [0.1, 0.15) is 49.5 Å². The summed E-state index contributed by atoms with van der Waals surface area (Å²) < 4.78 is 2.20. The molecule has 0 amide bonds. The largest absolute Gasteiger partial charge is 0.314 e. The lowest BCUT2D eigenvalue weighted by molar-refractivity contribution is 0.555. The van der Waals surface area contributed by atoms with Crippen molar-refractivity contribution in [1.82, 2.24) is 20.3 Å². The lowest BCUT2D eigenvalue weighted by Gasteiger charge is -2.05. The predicted molar refractivity (Wildman–Crippen MR) is 57.6 cm³/mol. The van der Waals surface area contributed by atoms with Gasteiger partial charge in [0, 0.05) is 12.5 Å². The Morgan fingerprint density at radius 2 is 2.20 bits per heavy atom. The van der Waals surface area contributed by atoms with Crippen molar-refractivity contribution >= 4 is 0 Å². The minimum atomic E-state index is 0.638. The standard InChI is InChI=1S/C11H18N4/c1-7-5-10(7)15-11(8-3-4-8)9(6-12-2)13-14-15/h7-8,10,12H,3-6H2,1-2H3. The fraction of sp³-hybridized carbons (Fsp3) is 0.818. The van der Waals surface area contributed by atoms with E-state index in [2.05, 4.69) is 27.2 Å². The van der Waals surface area contributed by atoms with Crippen LogP contribution in [0.3, 0.4) is 0 Å². The Labute approximate surface area is 90.0 Å². The normalized spacial score (nSPS) is 29.5. The monoisotopic (exact) mass is 206 g/mol. The van der Waals surface area contributed by atoms with E-state index in [-0.39, 0.29) is 0 Å². The molecule has 3 rings (SSSR count). The van der Waals surface area contributed by atoms with Crippen LogP contribution in [0.4, 0.5) is 0 Å². The number of hydrogen-bond donors (Lipinski definition) is 1. The number of rotatable bonds is 4. The Balaban J connectivity index is 1.92. The van der Waals surface area contributed by atoms with Crippen molar-refractivity contribution in [3.63, 3.8) is 0 Å². The second-order valence-electron chi connectivity index (χ2n) is 4.95. The second kappa shape index (κ2) is 3.30. The summed E-state index contributed by atoms with van der Waals surface area (Å²) in [5.41, 5.74) is 2.58. The fourth-order valence-corrected chi connectivity index (χ4v) is 2.29. The molecule has 4 nitrogen and oxygen atoms in total. The summed E-state index contributed by atoms with van der Waals surface area (Å²) in [6, 6.07) is 0.638. The van der Waals surface area contributed by atoms with Gasteiger partial charge in [0.1, 0.15) is 0 Å². The molecule has 1 aromatic heterocycles. The SMILES string of the molecule is CNCc1nnn(C2CC2C)c1C1CC1. The van der Waals surface area contributed by atoms with Gasteiger partial charge in [-0.1, -0.05) is 12.1 Å². The van der Waals surface area contributed by atoms with Gasteiger partial charge >= 0.3 is 0 Å². The highest BCUT2D eigenvalue weighted by Crippen LogP contribution is 2.48. The van der Waals surface area contributed by atoms with Gasteiger partial charge in [-0.05, 0) is 32.2 Å². The molecule has 82 valence electrons. The number of nitrogens with one attached hydrogen (secondary N) is 1. The first-order valence-corrected chi connectivity index (χ1v) is 5.89. The number of aromatic nitrogens is 3. The van der Waals surface area contributed by atoms with E-state index in [4.69, 9.17) is 0 Å². The van der Waals surface area contributed by atoms with Gasteiger partial charge in [0.15, 0.2) is 0 Å². The molecule has 0 aliphatic heterocycles. The van der Waals surface area contributed by atoms with Crippen LogP contribution < -0.4 is 5.32 Å². The molecule has 2 aliphatic rings. The minimum absolute atomic E-state index is 0.638. The van der Waals surface area contributed by atoms with E-state index in [9.17, 15) is 0 Å². The molecule has 15 heavy (non-hydrogen) atoms. The van der Waals surface area contributed by atoms with Gasteiger partial charge in [0.2, 0.25) is 0 Å². The van der Waals surface area contributed by atoms with Crippen molar-refractivity contribution in [1.29, 1.82) is 0 Å². The Bertz CT molecular complexity index is 367. The summed E-state index contributed by atoms with van der Waals surface area (Å²) in [6.45, 7) is 3.15. The van der Waals surface area contributed by atoms with Crippen LogP contribution in [-0.4, -0.2) is 22.0 Å². The lowest BCUT2D eigenvalue weighted by Crippen LogP contribution is -2.09. The third-order valence-electron chi connectivity index (χ3n) is 3.49. The molecule has 4 heteroatoms. The lowest BCUT2D eigenvalue weighted by atomic mass is 10.2. The molecule has 2 unspecified atom stereocenters. The van der Waals surface area contributed by atoms with Gasteiger partial charge in [0.25, 0.3) is 0 Å². The van der Waals surface area contributed by atoms with Crippen LogP contribution >= 0.6 is 0 Å². The maximum absolute atomic E-state index is 4.34. The van der Waals surface area contributed by atoms with Crippen LogP contribution in [0.25, 0.3) is 0 Å². The molecule has 0 aromatic carbocycles. The van der Waals surface area contributed by atoms with Gasteiger partial charge in [-0.25, -0.2) is 4.68 Å². The molecule has 1 N–H and O–H groups in total. The highest BCUT2D eigenvalue weighted by Gasteiger charge is 2.40. The molecule has 1 heterocycles. The first-order chi connectivity index (χ1) is 7.31. The van der Waals surface area contributed by atoms with E-state index < -0.39 is 0 Å². The van der Waals surface area contributed by atoms with Crippen LogP contribution in [0.2, 0.25) is 0 Å². The molecule has 0 saturated heterocycles. The van der Waals surface area contributed by atoms with E-state index in [0.717, 1.165) is 18.4 Å². The topological polar surface area (TPSA) is 42.7 Å². The summed E-state index contributed by atoms with van der Waals surface area (Å²) in [6.07, 6.45) is 3.93. The highest BCUT2D eigenvalue weighted by atomic mass is 15.5. The van der Waals surface area contributed by atoms with Gasteiger partial charge in [-0.2, -0.15) is 0 Å². The molecule has 0 bridgehead atoms. The van der Waals surface area contributed by atoms with Crippen LogP contribution in [0.5, 0.6) is 0 Å². The third kappa shape index (κ3) is 1.57. The van der Waals surface area contributed by atoms with Gasteiger partial charge < -0.3 is 5.32 Å². The molecule has 0 spiro atoms. The van der Waals surface area contributed by atoms with Crippen LogP contribution in [0.15, 0.2) is 0 Å². The van der Waals surface area contributed by atoms with E-state index in [0.29, 0.717) is 6.04 Å². The van der Waals surface area contributed by atoms with Gasteiger partial charge in [0.05, 0.1) is 17.4 Å². The van der Waals surface area contributed by atoms with Crippen molar-refractivity contribution in [3.8, 4) is 0 Å². The van der Waals surface area contributed by atoms with Gasteiger partial charge in [-0.3, -0.25) is 0 Å². The molecule has 1 aromatic rings. The average Bonchev–Trinajstić information content (AvgIpc) is 3.12. The van der Waals surface area contributed by atoms with E-state index >= 15 is 0 Å². The zero-order chi connectivity index (χ0) is 10.4. The summed E-state index contributed by atoms with van der Waals surface area (Å²) in [5.74, 6) is 1.54. The predicted octanol–water partition coefficient (Wildman–Crippen LogP) is 1.46. The van der Waals surface area contributed by atoms with E-state index in [1.54, 1.807) is 0 Å². The zero-order valence-electron chi connectivity index (χ0n) is 9.40. The van der Waals surface area contributed by atoms with Crippen LogP contribution in [0, 0.1) is 5.92 Å². The summed E-state index contributed by atoms with van der Waals surface area (Å²) in [5, 5.41) is 11.8. The Hall–Kier alpha value is -0.900. The summed E-state index contributed by atoms with van der Waals surface area (Å²) >= 11 is 0. The molecule has 2 aliphatic carbocycles. The molecule has 0 radical (unpaired) electrons. The van der Waals surface area contributed by atoms with E-state index in [1.165, 1.54) is 30.7 Å². The number of nitrogens with zero attached hydrogens (tertiary/aromatic N) is 3. The maximum Gasteiger partial charge on any atom is 0.0999 e. The number of hydrogen-bond acceptors (Lipinski definition) is 3. The quantitative estimate of drug-likeness (QED) is 0.811. The van der Waals surface area contributed by atoms with E-state index in [1.807, 2.05) is 7.05 Å². The first kappa shape index (κ1) is 9.33. The highest BCUT2D eigenvalue weighted by molar-refractivity contribution is 5.22. The van der Waals surface area contributed by atoms with Crippen LogP contribution in [-0.2, 0) is 6.54 Å². The average molecular weight is 206 g/mol. The Morgan fingerprint density at radius 1 is 1.47 bits per heavy atom. The zero-order valence-corrected chi connectivity index (χ0v) is 9.40. The van der Waals surface area contributed by atoms with Gasteiger partial charge in [-0.15, -0.1) is 5.10 Å². The Kier molecular flexibility index (Phi) is 2.06. The van der Waals surface area contributed by atoms with Crippen molar-refractivity contribution in [3.05, 3.63) is 11.4 Å². The third-order valence-corrected chi connectivity index (χ3v) is 3.49. The van der Waals surface area contributed by atoms with Crippen molar-refractivity contribution in [2.45, 2.75) is 44.7 Å². The fourth-order valence-electron chi connectivity index (χ4n) is 2.29. The second-order valence-corrected chi connectivity index (χ2v) is 4.95. The molecule has 2 fully saturated rings. The Morgan fingerprint density at radius 3 is 2.73 bits per heavy atom. The summed E-state index contributed by atoms with van der Waals surface area (Å²) in [7, 11) is 1.97. The molecular weight excluding hydrogens is 188 g/mol. The molecular formula is C11H18N4. The minimum Gasteiger partial charge on any atom is -0.314 e. The molecule has 2 saturated carbocycles. The molecule has 2 atom stereocenters. The van der Waals surface area contributed by atoms with Crippen molar-refractivity contribution < 1.29 is 0 Å². The summed E-state index contributed by atoms with van der Waals surface area (Å²) in [4.78, 5) is 0. The smallest absolute Gasteiger partial charge is 0.0999 e. The van der Waals surface area contributed by atoms with Crippen molar-refractivity contribution in [2.24, 2.45) is 5.92 Å². The van der Waals surface area contributed by atoms with Crippen molar-refractivity contribution in [2.75, 3.05) is 7.05 Å². The maximum atomic E-state index is 4.34.